The Morgan fingerprint density at radius 3 is 2.59 bits per heavy atom. The summed E-state index contributed by atoms with van der Waals surface area (Å²) >= 11 is 1.55. The predicted molar refractivity (Wildman–Crippen MR) is 108 cm³/mol. The molecule has 4 rings (SSSR count). The second-order valence-electron chi connectivity index (χ2n) is 6.24. The van der Waals surface area contributed by atoms with Crippen LogP contribution >= 0.6 is 11.8 Å². The van der Waals surface area contributed by atoms with Gasteiger partial charge in [-0.2, -0.15) is 0 Å². The van der Waals surface area contributed by atoms with Crippen LogP contribution in [0.2, 0.25) is 0 Å². The molecule has 0 aliphatic carbocycles. The maximum Gasteiger partial charge on any atom is 0.322 e. The molecule has 0 atom stereocenters. The average molecular weight is 408 g/mol. The van der Waals surface area contributed by atoms with Gasteiger partial charge in [-0.05, 0) is 36.6 Å². The van der Waals surface area contributed by atoms with E-state index >= 15 is 0 Å². The molecule has 1 saturated heterocycles. The molecule has 2 aromatic carbocycles. The van der Waals surface area contributed by atoms with Crippen LogP contribution in [0.5, 0.6) is 0 Å². The lowest BCUT2D eigenvalue weighted by molar-refractivity contribution is -0.121. The van der Waals surface area contributed by atoms with Gasteiger partial charge in [0.25, 0.3) is 11.8 Å². The van der Waals surface area contributed by atoms with Crippen molar-refractivity contribution in [2.45, 2.75) is 17.7 Å². The van der Waals surface area contributed by atoms with Crippen LogP contribution < -0.4 is 10.2 Å². The minimum absolute atomic E-state index is 0.0420. The number of amides is 3. The van der Waals surface area contributed by atoms with E-state index < -0.39 is 5.91 Å². The highest BCUT2D eigenvalue weighted by Crippen LogP contribution is 2.30. The lowest BCUT2D eigenvalue weighted by Crippen LogP contribution is -2.28. The molecule has 0 bridgehead atoms. The third-order valence-electron chi connectivity index (χ3n) is 4.40. The molecule has 0 saturated carbocycles. The molecule has 146 valence electrons. The van der Waals surface area contributed by atoms with Crippen LogP contribution in [0.25, 0.3) is 11.5 Å². The number of hydrogen-bond acceptors (Lipinski definition) is 7. The Bertz CT molecular complexity index is 1100. The van der Waals surface area contributed by atoms with Gasteiger partial charge in [0.1, 0.15) is 0 Å². The summed E-state index contributed by atoms with van der Waals surface area (Å²) in [5, 5.41) is 10.4. The van der Waals surface area contributed by atoms with Gasteiger partial charge in [-0.1, -0.05) is 23.3 Å². The van der Waals surface area contributed by atoms with Crippen molar-refractivity contribution in [3.8, 4) is 11.5 Å². The smallest absolute Gasteiger partial charge is 0.322 e. The molecule has 1 aromatic heterocycles. The fourth-order valence-electron chi connectivity index (χ4n) is 3.02. The Morgan fingerprint density at radius 1 is 1.07 bits per heavy atom. The zero-order valence-electron chi connectivity index (χ0n) is 15.4. The Morgan fingerprint density at radius 2 is 1.83 bits per heavy atom. The summed E-state index contributed by atoms with van der Waals surface area (Å²) in [5.41, 5.74) is 1.41. The number of carbonyl (C=O) groups excluding carboxylic acids is 3. The predicted octanol–water partition coefficient (Wildman–Crippen LogP) is 3.36. The number of anilines is 2. The van der Waals surface area contributed by atoms with Gasteiger partial charge < -0.3 is 4.42 Å². The molecule has 29 heavy (non-hydrogen) atoms. The number of thioether (sulfide) groups is 1. The molecule has 9 heteroatoms. The Kier molecular flexibility index (Phi) is 5.13. The summed E-state index contributed by atoms with van der Waals surface area (Å²) in [6.07, 6.45) is 2.30. The van der Waals surface area contributed by atoms with E-state index in [0.717, 1.165) is 15.4 Å². The molecule has 1 fully saturated rings. The molecule has 0 radical (unpaired) electrons. The molecule has 1 aliphatic heterocycles. The lowest BCUT2D eigenvalue weighted by Gasteiger charge is -2.14. The van der Waals surface area contributed by atoms with Crippen LogP contribution in [-0.2, 0) is 9.59 Å². The molecule has 0 unspecified atom stereocenters. The monoisotopic (exact) mass is 408 g/mol. The number of benzene rings is 2. The SMILES string of the molecule is CSc1ccccc1-c1nnc(NC(=O)c2cccc(N3C(=O)CCC3=O)c2)o1. The molecule has 1 aliphatic rings. The van der Waals surface area contributed by atoms with Crippen LogP contribution in [0.1, 0.15) is 23.2 Å². The minimum Gasteiger partial charge on any atom is -0.403 e. The van der Waals surface area contributed by atoms with Crippen LogP contribution in [0.15, 0.2) is 57.8 Å². The maximum atomic E-state index is 12.6. The van der Waals surface area contributed by atoms with Crippen LogP contribution in [0, 0.1) is 0 Å². The molecule has 3 amide bonds. The summed E-state index contributed by atoms with van der Waals surface area (Å²) in [6, 6.07) is 13.8. The first-order chi connectivity index (χ1) is 14.1. The first kappa shape index (κ1) is 18.9. The largest absolute Gasteiger partial charge is 0.403 e. The molecule has 0 spiro atoms. The maximum absolute atomic E-state index is 12.6. The number of nitrogens with zero attached hydrogens (tertiary/aromatic N) is 3. The molecule has 1 N–H and O–H groups in total. The third kappa shape index (κ3) is 3.77. The van der Waals surface area contributed by atoms with Crippen molar-refractivity contribution < 1.29 is 18.8 Å². The highest BCUT2D eigenvalue weighted by atomic mass is 32.2. The van der Waals surface area contributed by atoms with E-state index in [-0.39, 0.29) is 36.2 Å². The highest BCUT2D eigenvalue weighted by molar-refractivity contribution is 7.98. The van der Waals surface area contributed by atoms with E-state index in [1.165, 1.54) is 6.07 Å². The molecule has 2 heterocycles. The van der Waals surface area contributed by atoms with Crippen molar-refractivity contribution >= 4 is 41.2 Å². The van der Waals surface area contributed by atoms with Gasteiger partial charge in [-0.25, -0.2) is 0 Å². The molecule has 3 aromatic rings. The van der Waals surface area contributed by atoms with Gasteiger partial charge in [0.05, 0.1) is 11.3 Å². The first-order valence-corrected chi connectivity index (χ1v) is 10.0. The lowest BCUT2D eigenvalue weighted by atomic mass is 10.2. The van der Waals surface area contributed by atoms with Gasteiger partial charge in [-0.15, -0.1) is 16.9 Å². The van der Waals surface area contributed by atoms with E-state index in [0.29, 0.717) is 11.6 Å². The Labute approximate surface area is 170 Å². The zero-order chi connectivity index (χ0) is 20.4. The van der Waals surface area contributed by atoms with Crippen molar-refractivity contribution in [3.63, 3.8) is 0 Å². The van der Waals surface area contributed by atoms with Crippen molar-refractivity contribution in [2.75, 3.05) is 16.5 Å². The number of rotatable bonds is 5. The summed E-state index contributed by atoms with van der Waals surface area (Å²) in [5.74, 6) is -0.741. The second-order valence-corrected chi connectivity index (χ2v) is 7.09. The fourth-order valence-corrected chi connectivity index (χ4v) is 3.61. The fraction of sp³-hybridized carbons (Fsp3) is 0.150. The summed E-state index contributed by atoms with van der Waals surface area (Å²) < 4.78 is 5.58. The van der Waals surface area contributed by atoms with Gasteiger partial charge >= 0.3 is 6.01 Å². The van der Waals surface area contributed by atoms with E-state index in [9.17, 15) is 14.4 Å². The van der Waals surface area contributed by atoms with Crippen molar-refractivity contribution in [2.24, 2.45) is 0 Å². The van der Waals surface area contributed by atoms with Gasteiger partial charge in [0, 0.05) is 23.3 Å². The standard InChI is InChI=1S/C20H16N4O4S/c1-29-15-8-3-2-7-14(15)19-22-23-20(28-19)21-18(27)12-5-4-6-13(11-12)24-16(25)9-10-17(24)26/h2-8,11H,9-10H2,1H3,(H,21,23,27). The van der Waals surface area contributed by atoms with Crippen molar-refractivity contribution in [1.82, 2.24) is 10.2 Å². The van der Waals surface area contributed by atoms with Gasteiger partial charge in [0.2, 0.25) is 11.8 Å². The molecular weight excluding hydrogens is 392 g/mol. The van der Waals surface area contributed by atoms with E-state index in [1.54, 1.807) is 30.0 Å². The molecular formula is C20H16N4O4S. The highest BCUT2D eigenvalue weighted by Gasteiger charge is 2.30. The normalized spacial score (nSPS) is 13.8. The topological polar surface area (TPSA) is 105 Å². The number of hydrogen-bond donors (Lipinski definition) is 1. The van der Waals surface area contributed by atoms with Crippen LogP contribution in [0.3, 0.4) is 0 Å². The first-order valence-electron chi connectivity index (χ1n) is 8.81. The van der Waals surface area contributed by atoms with Crippen LogP contribution in [-0.4, -0.2) is 34.2 Å². The number of aromatic nitrogens is 2. The van der Waals surface area contributed by atoms with Gasteiger partial charge in [-0.3, -0.25) is 24.6 Å². The number of imide groups is 1. The summed E-state index contributed by atoms with van der Waals surface area (Å²) in [4.78, 5) is 38.5. The zero-order valence-corrected chi connectivity index (χ0v) is 16.2. The Balaban J connectivity index is 1.53. The van der Waals surface area contributed by atoms with E-state index in [4.69, 9.17) is 4.42 Å². The summed E-state index contributed by atoms with van der Waals surface area (Å²) in [7, 11) is 0. The number of carbonyl (C=O) groups is 3. The minimum atomic E-state index is -0.487. The Hall–Kier alpha value is -3.46. The van der Waals surface area contributed by atoms with Crippen molar-refractivity contribution in [3.05, 3.63) is 54.1 Å². The average Bonchev–Trinajstić information content (AvgIpc) is 3.34. The van der Waals surface area contributed by atoms with E-state index in [1.807, 2.05) is 30.5 Å². The van der Waals surface area contributed by atoms with E-state index in [2.05, 4.69) is 15.5 Å². The van der Waals surface area contributed by atoms with Gasteiger partial charge in [0.15, 0.2) is 0 Å². The number of nitrogens with one attached hydrogen (secondary N) is 1. The third-order valence-corrected chi connectivity index (χ3v) is 5.20. The molecule has 8 nitrogen and oxygen atoms in total. The quantitative estimate of drug-likeness (QED) is 0.510. The second kappa shape index (κ2) is 7.88. The van der Waals surface area contributed by atoms with Crippen LogP contribution in [0.4, 0.5) is 11.7 Å². The van der Waals surface area contributed by atoms with Crippen molar-refractivity contribution in [1.29, 1.82) is 0 Å². The summed E-state index contributed by atoms with van der Waals surface area (Å²) in [6.45, 7) is 0.